The lowest BCUT2D eigenvalue weighted by atomic mass is 9.98. The van der Waals surface area contributed by atoms with Gasteiger partial charge in [-0.05, 0) is 134 Å². The number of rotatable bonds is 9. The van der Waals surface area contributed by atoms with E-state index in [-0.39, 0.29) is 31.1 Å². The van der Waals surface area contributed by atoms with Gasteiger partial charge in [0, 0.05) is 67.6 Å². The second-order valence-corrected chi connectivity index (χ2v) is 9.77. The van der Waals surface area contributed by atoms with Gasteiger partial charge in [-0.2, -0.15) is 26.0 Å². The number of amides is 1. The molecule has 3 aromatic heterocycles. The zero-order chi connectivity index (χ0) is 40.5. The van der Waals surface area contributed by atoms with Gasteiger partial charge in [0.05, 0.1) is 29.5 Å². The number of nitriles is 1. The molecule has 1 saturated heterocycles. The summed E-state index contributed by atoms with van der Waals surface area (Å²) in [4.78, 5) is 31.9. The Balaban J connectivity index is -0.000000130. The molecular weight excluding hydrogens is 717 g/mol. The van der Waals surface area contributed by atoms with E-state index in [1.54, 1.807) is 28.2 Å². The minimum absolute atomic E-state index is 0. The minimum atomic E-state index is -0.0946. The Kier molecular flexibility index (Phi) is 20.8. The summed E-state index contributed by atoms with van der Waals surface area (Å²) >= 11 is 0. The predicted molar refractivity (Wildman–Crippen MR) is 218 cm³/mol. The third kappa shape index (κ3) is 18.0. The van der Waals surface area contributed by atoms with Gasteiger partial charge in [0.15, 0.2) is 5.65 Å². The first-order chi connectivity index (χ1) is 27.4. The number of piperidine rings is 1. The first-order valence-electron chi connectivity index (χ1n) is 15.3. The molecular formula is C36H42N18O2. The Morgan fingerprint density at radius 1 is 0.893 bits per heavy atom. The molecule has 4 rings (SSSR count). The van der Waals surface area contributed by atoms with Crippen LogP contribution in [0.4, 0.5) is 11.6 Å². The normalized spacial score (nSPS) is 11.7. The van der Waals surface area contributed by atoms with Crippen molar-refractivity contribution in [2.75, 3.05) is 18.4 Å². The van der Waals surface area contributed by atoms with Crippen molar-refractivity contribution in [3.05, 3.63) is 29.7 Å². The highest BCUT2D eigenvalue weighted by Gasteiger charge is 2.24. The summed E-state index contributed by atoms with van der Waals surface area (Å²) in [7, 11) is 1.85. The van der Waals surface area contributed by atoms with Gasteiger partial charge in [0.2, 0.25) is 11.9 Å². The van der Waals surface area contributed by atoms with Crippen molar-refractivity contribution in [3.63, 3.8) is 0 Å². The molecule has 1 aliphatic heterocycles. The van der Waals surface area contributed by atoms with E-state index in [1.807, 2.05) is 29.3 Å². The molecule has 4 heterocycles. The highest BCUT2D eigenvalue weighted by molar-refractivity contribution is 5.78. The van der Waals surface area contributed by atoms with E-state index in [2.05, 4.69) is 157 Å². The summed E-state index contributed by atoms with van der Waals surface area (Å²) in [6.07, 6.45) is 18.7. The number of carbonyl (C=O) groups is 1. The molecule has 0 aromatic carbocycles. The lowest BCUT2D eigenvalue weighted by Gasteiger charge is -2.32. The molecule has 0 saturated carbocycles. The lowest BCUT2D eigenvalue weighted by molar-refractivity contribution is -0.132. The van der Waals surface area contributed by atoms with Gasteiger partial charge in [-0.3, -0.25) is 9.48 Å². The van der Waals surface area contributed by atoms with Crippen LogP contribution >= 0.6 is 0 Å². The molecule has 0 radical (unpaired) electrons. The fourth-order valence-corrected chi connectivity index (χ4v) is 4.09. The lowest BCUT2D eigenvalue weighted by Crippen LogP contribution is -2.41. The quantitative estimate of drug-likeness (QED) is 0.117. The van der Waals surface area contributed by atoms with E-state index in [1.165, 1.54) is 0 Å². The van der Waals surface area contributed by atoms with Crippen LogP contribution in [0.5, 0.6) is 0 Å². The average Bonchev–Trinajstić information content (AvgIpc) is 3.81. The standard InChI is InChI=1S/C18H21N9O.C18H2.HN9O.9H2/c1-25-12-15(9-21-25)23-18-20-7-14-8-22-27(17(14)24-18)11-13-3-2-6-26(10-13)16(28)4-5-19;1-3-5-7-9-11-13-15-17-18-16-14-12-10-8-6-4-2;1-2-3-4-5-6-7-8-9-10;;;;;;;;;/h7-9,12-13H,2-4,6,10-11H2,1H3,(H,20,23,24);1-2H;1H;9*1H/b;;2-1?,4-3+,6-5+,8-7+;;;;;;;;;. The zero-order valence-electron chi connectivity index (χ0n) is 29.3. The molecule has 0 aliphatic carbocycles. The summed E-state index contributed by atoms with van der Waals surface area (Å²) in [5, 5.41) is 42.1. The van der Waals surface area contributed by atoms with Gasteiger partial charge in [-0.1, -0.05) is 0 Å². The maximum Gasteiger partial charge on any atom is 0.236 e. The number of nitrogens with zero attached hydrogens (tertiary/aromatic N) is 16. The van der Waals surface area contributed by atoms with Crippen molar-refractivity contribution in [1.29, 1.82) is 10.8 Å². The number of nitrogens with one attached hydrogen (secondary N) is 2. The Bertz CT molecular complexity index is 2490. The molecule has 0 bridgehead atoms. The highest BCUT2D eigenvalue weighted by atomic mass is 16.3. The fourth-order valence-electron chi connectivity index (χ4n) is 4.09. The van der Waals surface area contributed by atoms with E-state index < -0.39 is 0 Å². The number of anilines is 2. The molecule has 1 atom stereocenters. The SMILES string of the molecule is C#CC#CC#CC#CC#CC#CC#CC#CC#C.Cn1cc(Nc2ncc3cnn(CC4CCCN(C(=O)CC#N)C4)c3n2)cn1.N=N/N=N/N=N/N=N/N=O.[HH].[HH].[HH].[HH].[HH].[HH].[HH].[HH].[HH]. The van der Waals surface area contributed by atoms with Crippen LogP contribution in [0.1, 0.15) is 32.1 Å². The predicted octanol–water partition coefficient (Wildman–Crippen LogP) is 5.75. The fraction of sp³-hybridized carbons (Fsp3) is 0.222. The van der Waals surface area contributed by atoms with E-state index in [4.69, 9.17) is 23.6 Å². The number of hydrogen-bond donors (Lipinski definition) is 2. The van der Waals surface area contributed by atoms with Crippen LogP contribution in [0.15, 0.2) is 66.6 Å². The third-order valence-electron chi connectivity index (χ3n) is 6.11. The van der Waals surface area contributed by atoms with Crippen LogP contribution in [0.3, 0.4) is 0 Å². The Labute approximate surface area is 333 Å². The topological polar surface area (TPSA) is 257 Å². The van der Waals surface area contributed by atoms with Gasteiger partial charge in [-0.25, -0.2) is 9.67 Å². The smallest absolute Gasteiger partial charge is 0.236 e. The summed E-state index contributed by atoms with van der Waals surface area (Å²) in [6, 6.07) is 1.94. The number of terminal acetylenes is 2. The number of nitroso groups, excluding NO2 is 1. The summed E-state index contributed by atoms with van der Waals surface area (Å²) in [5.41, 5.74) is 7.62. The molecule has 20 nitrogen and oxygen atoms in total. The van der Waals surface area contributed by atoms with Crippen LogP contribution in [0.2, 0.25) is 0 Å². The molecule has 1 aliphatic rings. The number of aromatic nitrogens is 6. The van der Waals surface area contributed by atoms with Crippen LogP contribution < -0.4 is 5.32 Å². The van der Waals surface area contributed by atoms with Crippen LogP contribution in [-0.2, 0) is 18.4 Å². The maximum atomic E-state index is 12.0. The molecule has 3 aromatic rings. The highest BCUT2D eigenvalue weighted by Crippen LogP contribution is 2.22. The van der Waals surface area contributed by atoms with Crippen molar-refractivity contribution in [2.24, 2.45) is 54.8 Å². The van der Waals surface area contributed by atoms with Crippen molar-refractivity contribution in [1.82, 2.24) is 34.4 Å². The molecule has 1 fully saturated rings. The van der Waals surface area contributed by atoms with Gasteiger partial charge in [-0.15, -0.1) is 17.8 Å². The van der Waals surface area contributed by atoms with E-state index in [9.17, 15) is 9.70 Å². The largest absolute Gasteiger partial charge is 0.341 e. The molecule has 2 N–H and O–H groups in total. The number of likely N-dealkylation sites (tertiary alicyclic amines) is 1. The number of carbonyl (C=O) groups excluding carboxylic acids is 1. The Morgan fingerprint density at radius 2 is 1.48 bits per heavy atom. The summed E-state index contributed by atoms with van der Waals surface area (Å²) in [5.74, 6) is 38.9. The first kappa shape index (κ1) is 42.7. The number of fused-ring (bicyclic) bond motifs is 1. The van der Waals surface area contributed by atoms with E-state index in [0.29, 0.717) is 19.0 Å². The van der Waals surface area contributed by atoms with Crippen LogP contribution in [0, 0.1) is 135 Å². The molecule has 1 amide bonds. The van der Waals surface area contributed by atoms with Crippen molar-refractivity contribution in [3.8, 4) is 114 Å². The second-order valence-electron chi connectivity index (χ2n) is 9.77. The third-order valence-corrected chi connectivity index (χ3v) is 6.11. The van der Waals surface area contributed by atoms with Crippen LogP contribution in [0.25, 0.3) is 11.0 Å². The van der Waals surface area contributed by atoms with Gasteiger partial charge in [0.1, 0.15) is 11.7 Å². The molecule has 288 valence electrons. The van der Waals surface area contributed by atoms with Gasteiger partial charge in [0.25, 0.3) is 0 Å². The monoisotopic (exact) mass is 758 g/mol. The molecule has 56 heavy (non-hydrogen) atoms. The van der Waals surface area contributed by atoms with E-state index in [0.717, 1.165) is 36.1 Å². The van der Waals surface area contributed by atoms with E-state index >= 15 is 0 Å². The number of hydrogen-bond acceptors (Lipinski definition) is 9. The van der Waals surface area contributed by atoms with Crippen molar-refractivity contribution < 1.29 is 17.6 Å². The van der Waals surface area contributed by atoms with Gasteiger partial charge < -0.3 is 10.2 Å². The Hall–Kier alpha value is -9.44. The summed E-state index contributed by atoms with van der Waals surface area (Å²) in [6.45, 7) is 2.04. The summed E-state index contributed by atoms with van der Waals surface area (Å²) < 4.78 is 3.57. The maximum absolute atomic E-state index is 12.0. The second kappa shape index (κ2) is 27.3. The van der Waals surface area contributed by atoms with Gasteiger partial charge >= 0.3 is 0 Å². The number of aryl methyl sites for hydroxylation is 1. The Morgan fingerprint density at radius 3 is 2.02 bits per heavy atom. The van der Waals surface area contributed by atoms with Crippen molar-refractivity contribution in [2.45, 2.75) is 25.8 Å². The molecule has 20 heteroatoms. The zero-order valence-corrected chi connectivity index (χ0v) is 29.3. The first-order valence-corrected chi connectivity index (χ1v) is 15.3. The average molecular weight is 759 g/mol. The molecule has 0 spiro atoms. The molecule has 1 unspecified atom stereocenters. The van der Waals surface area contributed by atoms with Crippen LogP contribution in [-0.4, -0.2) is 53.4 Å². The van der Waals surface area contributed by atoms with Crippen molar-refractivity contribution >= 4 is 28.6 Å². The minimum Gasteiger partial charge on any atom is -0.341 e.